The average molecular weight is 309 g/mol. The molecule has 2 rings (SSSR count). The molecule has 0 N–H and O–H groups in total. The number of methoxy groups -OCH3 is 1. The zero-order chi connectivity index (χ0) is 14.4. The maximum atomic E-state index is 6.27. The Bertz CT molecular complexity index is 536. The van der Waals surface area contributed by atoms with Gasteiger partial charge in [-0.2, -0.15) is 0 Å². The third-order valence-corrected chi connectivity index (χ3v) is 4.60. The second kappa shape index (κ2) is 7.01. The van der Waals surface area contributed by atoms with Gasteiger partial charge in [-0.15, -0.1) is 23.2 Å². The van der Waals surface area contributed by atoms with E-state index in [1.807, 2.05) is 36.4 Å². The van der Waals surface area contributed by atoms with E-state index in [0.29, 0.717) is 11.8 Å². The Labute approximate surface area is 130 Å². The van der Waals surface area contributed by atoms with E-state index in [9.17, 15) is 0 Å². The van der Waals surface area contributed by atoms with Crippen LogP contribution in [-0.2, 0) is 11.8 Å². The molecule has 1 nitrogen and oxygen atoms in total. The predicted molar refractivity (Wildman–Crippen MR) is 86.3 cm³/mol. The van der Waals surface area contributed by atoms with Gasteiger partial charge in [-0.1, -0.05) is 42.5 Å². The van der Waals surface area contributed by atoms with Crippen molar-refractivity contribution in [2.24, 2.45) is 0 Å². The highest BCUT2D eigenvalue weighted by molar-refractivity contribution is 6.22. The summed E-state index contributed by atoms with van der Waals surface area (Å²) in [5, 5.41) is 0. The molecule has 0 amide bonds. The van der Waals surface area contributed by atoms with Crippen LogP contribution in [0.1, 0.15) is 11.1 Å². The Morgan fingerprint density at radius 2 is 1.65 bits per heavy atom. The van der Waals surface area contributed by atoms with Crippen LogP contribution in [0.2, 0.25) is 0 Å². The van der Waals surface area contributed by atoms with Crippen molar-refractivity contribution in [1.29, 1.82) is 0 Å². The molecular formula is C17H18Cl2O. The second-order valence-corrected chi connectivity index (χ2v) is 5.48. The van der Waals surface area contributed by atoms with Gasteiger partial charge in [-0.25, -0.2) is 0 Å². The summed E-state index contributed by atoms with van der Waals surface area (Å²) in [6, 6.07) is 18.3. The minimum atomic E-state index is -0.253. The van der Waals surface area contributed by atoms with Gasteiger partial charge >= 0.3 is 0 Å². The van der Waals surface area contributed by atoms with Gasteiger partial charge in [-0.3, -0.25) is 0 Å². The lowest BCUT2D eigenvalue weighted by atomic mass is 9.79. The topological polar surface area (TPSA) is 9.23 Å². The van der Waals surface area contributed by atoms with Gasteiger partial charge in [0, 0.05) is 17.2 Å². The molecule has 0 radical (unpaired) electrons. The van der Waals surface area contributed by atoms with E-state index in [4.69, 9.17) is 27.9 Å². The van der Waals surface area contributed by atoms with E-state index < -0.39 is 0 Å². The minimum absolute atomic E-state index is 0.253. The van der Waals surface area contributed by atoms with Crippen molar-refractivity contribution in [3.8, 4) is 5.75 Å². The lowest BCUT2D eigenvalue weighted by molar-refractivity contribution is 0.413. The van der Waals surface area contributed by atoms with Crippen LogP contribution < -0.4 is 4.74 Å². The molecule has 0 spiro atoms. The first-order valence-corrected chi connectivity index (χ1v) is 7.61. The highest BCUT2D eigenvalue weighted by Crippen LogP contribution is 2.32. The van der Waals surface area contributed by atoms with Crippen molar-refractivity contribution in [1.82, 2.24) is 0 Å². The summed E-state index contributed by atoms with van der Waals surface area (Å²) in [6.07, 6.45) is 0.793. The van der Waals surface area contributed by atoms with Crippen LogP contribution >= 0.6 is 23.2 Å². The highest BCUT2D eigenvalue weighted by Gasteiger charge is 2.30. The molecule has 0 saturated carbocycles. The quantitative estimate of drug-likeness (QED) is 0.706. The van der Waals surface area contributed by atoms with Crippen LogP contribution in [0, 0.1) is 0 Å². The fraction of sp³-hybridized carbons (Fsp3) is 0.294. The van der Waals surface area contributed by atoms with Crippen molar-refractivity contribution in [2.45, 2.75) is 11.8 Å². The van der Waals surface area contributed by atoms with Crippen LogP contribution in [0.15, 0.2) is 54.6 Å². The van der Waals surface area contributed by atoms with E-state index in [0.717, 1.165) is 12.2 Å². The molecule has 2 aromatic carbocycles. The lowest BCUT2D eigenvalue weighted by Crippen LogP contribution is -2.33. The third kappa shape index (κ3) is 3.28. The molecule has 0 atom stereocenters. The Morgan fingerprint density at radius 1 is 0.950 bits per heavy atom. The van der Waals surface area contributed by atoms with E-state index in [-0.39, 0.29) is 5.41 Å². The van der Waals surface area contributed by atoms with Crippen LogP contribution in [0.25, 0.3) is 0 Å². The number of ether oxygens (including phenoxy) is 1. The number of halogens is 2. The summed E-state index contributed by atoms with van der Waals surface area (Å²) < 4.78 is 5.28. The Balaban J connectivity index is 2.34. The fourth-order valence-electron chi connectivity index (χ4n) is 2.35. The highest BCUT2D eigenvalue weighted by atomic mass is 35.5. The minimum Gasteiger partial charge on any atom is -0.497 e. The summed E-state index contributed by atoms with van der Waals surface area (Å²) in [7, 11) is 1.67. The number of hydrogen-bond donors (Lipinski definition) is 0. The maximum Gasteiger partial charge on any atom is 0.119 e. The fourth-order valence-corrected chi connectivity index (χ4v) is 3.13. The standard InChI is InChI=1S/C17H18Cl2O/c1-20-16-9-5-6-14(10-16)11-17(12-18,13-19)15-7-3-2-4-8-15/h2-10H,11-13H2,1H3. The van der Waals surface area contributed by atoms with Gasteiger partial charge in [0.1, 0.15) is 5.75 Å². The van der Waals surface area contributed by atoms with Crippen molar-refractivity contribution in [3.05, 3.63) is 65.7 Å². The Hall–Kier alpha value is -1.18. The molecule has 0 bridgehead atoms. The molecule has 0 aliphatic rings. The van der Waals surface area contributed by atoms with Gasteiger partial charge in [0.25, 0.3) is 0 Å². The number of alkyl halides is 2. The zero-order valence-electron chi connectivity index (χ0n) is 11.5. The summed E-state index contributed by atoms with van der Waals surface area (Å²) in [5.41, 5.74) is 2.10. The molecule has 0 unspecified atom stereocenters. The van der Waals surface area contributed by atoms with Gasteiger partial charge in [0.2, 0.25) is 0 Å². The van der Waals surface area contributed by atoms with Crippen molar-refractivity contribution < 1.29 is 4.74 Å². The first kappa shape index (κ1) is 15.2. The van der Waals surface area contributed by atoms with Crippen molar-refractivity contribution >= 4 is 23.2 Å². The lowest BCUT2D eigenvalue weighted by Gasteiger charge is -2.30. The van der Waals surface area contributed by atoms with Crippen LogP contribution in [0.4, 0.5) is 0 Å². The van der Waals surface area contributed by atoms with Gasteiger partial charge in [-0.05, 0) is 29.7 Å². The molecule has 0 saturated heterocycles. The van der Waals surface area contributed by atoms with E-state index in [2.05, 4.69) is 18.2 Å². The molecule has 106 valence electrons. The predicted octanol–water partition coefficient (Wildman–Crippen LogP) is 4.65. The van der Waals surface area contributed by atoms with Crippen molar-refractivity contribution in [2.75, 3.05) is 18.9 Å². The summed E-state index contributed by atoms with van der Waals surface area (Å²) in [4.78, 5) is 0. The SMILES string of the molecule is COc1cccc(CC(CCl)(CCl)c2ccccc2)c1. The van der Waals surface area contributed by atoms with Crippen LogP contribution in [0.5, 0.6) is 5.75 Å². The Kier molecular flexibility index (Phi) is 5.33. The van der Waals surface area contributed by atoms with Crippen LogP contribution in [0.3, 0.4) is 0 Å². The summed E-state index contributed by atoms with van der Waals surface area (Å²) in [5.74, 6) is 1.82. The molecule has 0 heterocycles. The molecule has 3 heteroatoms. The van der Waals surface area contributed by atoms with E-state index in [1.54, 1.807) is 7.11 Å². The molecule has 0 aromatic heterocycles. The number of benzene rings is 2. The van der Waals surface area contributed by atoms with Gasteiger partial charge in [0.05, 0.1) is 7.11 Å². The molecular weight excluding hydrogens is 291 g/mol. The normalized spacial score (nSPS) is 11.3. The van der Waals surface area contributed by atoms with Crippen molar-refractivity contribution in [3.63, 3.8) is 0 Å². The molecule has 0 fully saturated rings. The van der Waals surface area contributed by atoms with E-state index >= 15 is 0 Å². The van der Waals surface area contributed by atoms with Gasteiger partial charge < -0.3 is 4.74 Å². The van der Waals surface area contributed by atoms with E-state index in [1.165, 1.54) is 11.1 Å². The molecule has 2 aromatic rings. The molecule has 20 heavy (non-hydrogen) atoms. The Morgan fingerprint density at radius 3 is 2.25 bits per heavy atom. The first-order valence-electron chi connectivity index (χ1n) is 6.54. The zero-order valence-corrected chi connectivity index (χ0v) is 13.0. The second-order valence-electron chi connectivity index (χ2n) is 4.94. The largest absolute Gasteiger partial charge is 0.497 e. The van der Waals surface area contributed by atoms with Gasteiger partial charge in [0.15, 0.2) is 0 Å². The monoisotopic (exact) mass is 308 g/mol. The third-order valence-electron chi connectivity index (χ3n) is 3.57. The summed E-state index contributed by atoms with van der Waals surface area (Å²) >= 11 is 12.5. The average Bonchev–Trinajstić information content (AvgIpc) is 2.54. The first-order chi connectivity index (χ1) is 9.74. The smallest absolute Gasteiger partial charge is 0.119 e. The maximum absolute atomic E-state index is 6.27. The summed E-state index contributed by atoms with van der Waals surface area (Å²) in [6.45, 7) is 0. The molecule has 0 aliphatic carbocycles. The number of hydrogen-bond acceptors (Lipinski definition) is 1. The van der Waals surface area contributed by atoms with Crippen LogP contribution in [-0.4, -0.2) is 18.9 Å². The molecule has 0 aliphatic heterocycles. The number of rotatable bonds is 6.